The lowest BCUT2D eigenvalue weighted by Crippen LogP contribution is -2.48. The zero-order valence-corrected chi connectivity index (χ0v) is 14.5. The summed E-state index contributed by atoms with van der Waals surface area (Å²) in [6.45, 7) is 0.216. The number of amides is 2. The van der Waals surface area contributed by atoms with E-state index in [4.69, 9.17) is 5.11 Å². The molecule has 138 valence electrons. The van der Waals surface area contributed by atoms with Crippen LogP contribution in [-0.2, 0) is 11.2 Å². The van der Waals surface area contributed by atoms with Crippen LogP contribution in [0.15, 0.2) is 30.3 Å². The molecule has 1 aromatic rings. The van der Waals surface area contributed by atoms with Crippen molar-refractivity contribution in [2.24, 2.45) is 5.92 Å². The molecule has 0 saturated heterocycles. The van der Waals surface area contributed by atoms with Crippen LogP contribution in [0.3, 0.4) is 0 Å². The van der Waals surface area contributed by atoms with Crippen LogP contribution < -0.4 is 10.6 Å². The van der Waals surface area contributed by atoms with Crippen LogP contribution in [0.2, 0.25) is 0 Å². The van der Waals surface area contributed by atoms with E-state index in [0.717, 1.165) is 31.2 Å². The van der Waals surface area contributed by atoms with E-state index in [1.54, 1.807) is 0 Å². The van der Waals surface area contributed by atoms with Gasteiger partial charge in [-0.15, -0.1) is 0 Å². The molecule has 0 bridgehead atoms. The Kier molecular flexibility index (Phi) is 7.73. The number of carboxylic acids is 1. The molecular weight excluding hydrogens is 320 g/mol. The normalized spacial score (nSPS) is 21.3. The van der Waals surface area contributed by atoms with E-state index in [-0.39, 0.29) is 31.1 Å². The van der Waals surface area contributed by atoms with Crippen molar-refractivity contribution < 1.29 is 19.8 Å². The van der Waals surface area contributed by atoms with Gasteiger partial charge in [-0.1, -0.05) is 30.3 Å². The summed E-state index contributed by atoms with van der Waals surface area (Å²) in [4.78, 5) is 23.2. The molecule has 0 heterocycles. The fourth-order valence-electron chi connectivity index (χ4n) is 3.32. The van der Waals surface area contributed by atoms with Crippen LogP contribution in [0.1, 0.15) is 44.1 Å². The zero-order chi connectivity index (χ0) is 18.1. The zero-order valence-electron chi connectivity index (χ0n) is 14.5. The van der Waals surface area contributed by atoms with Gasteiger partial charge in [-0.2, -0.15) is 0 Å². The molecule has 1 unspecified atom stereocenters. The molecule has 0 aromatic heterocycles. The number of hydrogen-bond acceptors (Lipinski definition) is 3. The molecule has 1 atom stereocenters. The number of aliphatic hydroxyl groups is 1. The highest BCUT2D eigenvalue weighted by Gasteiger charge is 2.23. The molecule has 0 spiro atoms. The van der Waals surface area contributed by atoms with Gasteiger partial charge in [-0.25, -0.2) is 4.79 Å². The van der Waals surface area contributed by atoms with Crippen molar-refractivity contribution in [1.29, 1.82) is 0 Å². The maximum atomic E-state index is 12.3. The van der Waals surface area contributed by atoms with Gasteiger partial charge in [-0.3, -0.25) is 4.79 Å². The maximum absolute atomic E-state index is 12.3. The summed E-state index contributed by atoms with van der Waals surface area (Å²) < 4.78 is 0. The standard InChI is InChI=1S/C19H28N2O4/c22-13-15-6-8-16(9-7-15)20-19(25)21-17(10-11-18(23)24)12-14-4-2-1-3-5-14/h1-5,15-17,22H,6-13H2,(H,23,24)(H2,20,21,25). The topological polar surface area (TPSA) is 98.7 Å². The van der Waals surface area contributed by atoms with Gasteiger partial charge in [0.05, 0.1) is 0 Å². The van der Waals surface area contributed by atoms with E-state index in [0.29, 0.717) is 18.8 Å². The number of carbonyl (C=O) groups excluding carboxylic acids is 1. The van der Waals surface area contributed by atoms with E-state index in [2.05, 4.69) is 10.6 Å². The summed E-state index contributed by atoms with van der Waals surface area (Å²) in [7, 11) is 0. The third-order valence-corrected chi connectivity index (χ3v) is 4.81. The van der Waals surface area contributed by atoms with Crippen molar-refractivity contribution in [1.82, 2.24) is 10.6 Å². The summed E-state index contributed by atoms with van der Waals surface area (Å²) in [5, 5.41) is 24.0. The molecule has 2 rings (SSSR count). The molecule has 6 heteroatoms. The summed E-state index contributed by atoms with van der Waals surface area (Å²) in [5.41, 5.74) is 1.07. The van der Waals surface area contributed by atoms with Gasteiger partial charge in [0.2, 0.25) is 0 Å². The second-order valence-corrected chi connectivity index (χ2v) is 6.84. The summed E-state index contributed by atoms with van der Waals surface area (Å²) >= 11 is 0. The van der Waals surface area contributed by atoms with Crippen LogP contribution in [0.5, 0.6) is 0 Å². The van der Waals surface area contributed by atoms with Crippen molar-refractivity contribution in [2.45, 2.75) is 57.0 Å². The fourth-order valence-corrected chi connectivity index (χ4v) is 3.32. The first-order chi connectivity index (χ1) is 12.1. The largest absolute Gasteiger partial charge is 0.481 e. The van der Waals surface area contributed by atoms with Gasteiger partial charge in [0.15, 0.2) is 0 Å². The van der Waals surface area contributed by atoms with Crippen LogP contribution in [0.4, 0.5) is 4.79 Å². The van der Waals surface area contributed by atoms with Gasteiger partial charge in [0.1, 0.15) is 0 Å². The van der Waals surface area contributed by atoms with E-state index >= 15 is 0 Å². The van der Waals surface area contributed by atoms with Gasteiger partial charge in [-0.05, 0) is 50.0 Å². The summed E-state index contributed by atoms with van der Waals surface area (Å²) in [6, 6.07) is 9.42. The molecule has 0 aliphatic heterocycles. The Morgan fingerprint density at radius 1 is 1.12 bits per heavy atom. The number of aliphatic carboxylic acids is 1. The SMILES string of the molecule is O=C(O)CCC(Cc1ccccc1)NC(=O)NC1CCC(CO)CC1. The summed E-state index contributed by atoms with van der Waals surface area (Å²) in [5.74, 6) is -0.509. The van der Waals surface area contributed by atoms with E-state index < -0.39 is 5.97 Å². The number of nitrogens with one attached hydrogen (secondary N) is 2. The van der Waals surface area contributed by atoms with Gasteiger partial charge >= 0.3 is 12.0 Å². The average molecular weight is 348 g/mol. The van der Waals surface area contributed by atoms with Gasteiger partial charge in [0.25, 0.3) is 0 Å². The first-order valence-electron chi connectivity index (χ1n) is 9.00. The predicted molar refractivity (Wildman–Crippen MR) is 95.3 cm³/mol. The number of carboxylic acid groups (broad SMARTS) is 1. The summed E-state index contributed by atoms with van der Waals surface area (Å²) in [6.07, 6.45) is 4.63. The highest BCUT2D eigenvalue weighted by molar-refractivity contribution is 5.74. The fraction of sp³-hybridized carbons (Fsp3) is 0.579. The van der Waals surface area contributed by atoms with Crippen LogP contribution >= 0.6 is 0 Å². The van der Waals surface area contributed by atoms with Crippen molar-refractivity contribution in [3.05, 3.63) is 35.9 Å². The van der Waals surface area contributed by atoms with Crippen LogP contribution in [-0.4, -0.2) is 40.9 Å². The Morgan fingerprint density at radius 2 is 1.80 bits per heavy atom. The van der Waals surface area contributed by atoms with Crippen molar-refractivity contribution in [2.75, 3.05) is 6.61 Å². The first kappa shape index (κ1) is 19.2. The maximum Gasteiger partial charge on any atom is 0.315 e. The lowest BCUT2D eigenvalue weighted by molar-refractivity contribution is -0.137. The lowest BCUT2D eigenvalue weighted by Gasteiger charge is -2.29. The first-order valence-corrected chi connectivity index (χ1v) is 9.00. The Bertz CT molecular complexity index is 542. The highest BCUT2D eigenvalue weighted by atomic mass is 16.4. The number of benzene rings is 1. The minimum Gasteiger partial charge on any atom is -0.481 e. The van der Waals surface area contributed by atoms with Gasteiger partial charge in [0, 0.05) is 25.1 Å². The lowest BCUT2D eigenvalue weighted by atomic mass is 9.87. The molecule has 1 fully saturated rings. The second-order valence-electron chi connectivity index (χ2n) is 6.84. The quantitative estimate of drug-likeness (QED) is 0.579. The molecule has 1 aromatic carbocycles. The Morgan fingerprint density at radius 3 is 2.40 bits per heavy atom. The number of hydrogen-bond donors (Lipinski definition) is 4. The third-order valence-electron chi connectivity index (χ3n) is 4.81. The Balaban J connectivity index is 1.84. The highest BCUT2D eigenvalue weighted by Crippen LogP contribution is 2.23. The van der Waals surface area contributed by atoms with E-state index in [1.807, 2.05) is 30.3 Å². The number of urea groups is 1. The minimum atomic E-state index is -0.859. The van der Waals surface area contributed by atoms with Crippen molar-refractivity contribution >= 4 is 12.0 Å². The van der Waals surface area contributed by atoms with Crippen molar-refractivity contribution in [3.8, 4) is 0 Å². The predicted octanol–water partition coefficient (Wildman–Crippen LogP) is 2.31. The average Bonchev–Trinajstić information content (AvgIpc) is 2.61. The Hall–Kier alpha value is -2.08. The molecule has 6 nitrogen and oxygen atoms in total. The molecule has 0 radical (unpaired) electrons. The smallest absolute Gasteiger partial charge is 0.315 e. The second kappa shape index (κ2) is 10.0. The number of rotatable bonds is 8. The van der Waals surface area contributed by atoms with Crippen molar-refractivity contribution in [3.63, 3.8) is 0 Å². The third kappa shape index (κ3) is 7.13. The van der Waals surface area contributed by atoms with E-state index in [9.17, 15) is 14.7 Å². The molecule has 1 aliphatic rings. The molecular formula is C19H28N2O4. The number of aliphatic hydroxyl groups excluding tert-OH is 1. The minimum absolute atomic E-state index is 0.0272. The molecule has 1 aliphatic carbocycles. The van der Waals surface area contributed by atoms with Crippen LogP contribution in [0, 0.1) is 5.92 Å². The van der Waals surface area contributed by atoms with Crippen LogP contribution in [0.25, 0.3) is 0 Å². The number of carbonyl (C=O) groups is 2. The monoisotopic (exact) mass is 348 g/mol. The Labute approximate surface area is 148 Å². The van der Waals surface area contributed by atoms with E-state index in [1.165, 1.54) is 0 Å². The molecule has 25 heavy (non-hydrogen) atoms. The molecule has 2 amide bonds. The van der Waals surface area contributed by atoms with Gasteiger partial charge < -0.3 is 20.8 Å². The molecule has 1 saturated carbocycles. The molecule has 4 N–H and O–H groups in total.